The zero-order valence-electron chi connectivity index (χ0n) is 44.0. The molecule has 0 aliphatic heterocycles. The molecule has 5 heteroatoms. The van der Waals surface area contributed by atoms with Crippen molar-refractivity contribution in [2.45, 2.75) is 335 Å². The van der Waals surface area contributed by atoms with Crippen molar-refractivity contribution in [3.63, 3.8) is 0 Å². The van der Waals surface area contributed by atoms with Crippen molar-refractivity contribution < 1.29 is 24.2 Å². The Labute approximate surface area is 406 Å². The van der Waals surface area contributed by atoms with Gasteiger partial charge in [0.1, 0.15) is 6.61 Å². The molecule has 0 aromatic heterocycles. The highest BCUT2D eigenvalue weighted by molar-refractivity contribution is 5.70. The van der Waals surface area contributed by atoms with Crippen LogP contribution in [-0.2, 0) is 19.1 Å². The van der Waals surface area contributed by atoms with Gasteiger partial charge in [0.2, 0.25) is 0 Å². The van der Waals surface area contributed by atoms with E-state index >= 15 is 0 Å². The molecule has 5 nitrogen and oxygen atoms in total. The van der Waals surface area contributed by atoms with Crippen molar-refractivity contribution in [3.05, 3.63) is 24.3 Å². The van der Waals surface area contributed by atoms with E-state index in [0.29, 0.717) is 12.8 Å². The lowest BCUT2D eigenvalue weighted by Crippen LogP contribution is -2.28. The number of aliphatic hydroxyl groups excluding tert-OH is 1. The number of unbranched alkanes of at least 4 members (excludes halogenated alkanes) is 43. The normalized spacial score (nSPS) is 12.2. The highest BCUT2D eigenvalue weighted by Gasteiger charge is 2.16. The van der Waals surface area contributed by atoms with E-state index in [1.54, 1.807) is 0 Å². The SMILES string of the molecule is CCC/C=C\CCCCCCCC(=O)OCC(CO)OC(=O)CCCCCCCCCCCCCCCCCCCCCCCCCCCCCCC/C=C\CCCCCCCCCC. The van der Waals surface area contributed by atoms with Crippen LogP contribution in [0, 0.1) is 0 Å². The standard InChI is InChI=1S/C60H114O5/c1-3-5-7-9-11-13-15-16-17-18-19-20-21-22-23-24-25-26-27-28-29-30-31-32-33-34-35-36-37-38-39-40-41-42-43-44-45-47-49-51-53-55-60(63)65-58(56-61)57-64-59(62)54-52-50-48-46-14-12-10-8-6-4-2/h8,10,18-19,58,61H,3-7,9,11-17,20-57H2,1-2H3/b10-8-,19-18-. The van der Waals surface area contributed by atoms with Crippen LogP contribution in [0.3, 0.4) is 0 Å². The third-order valence-electron chi connectivity index (χ3n) is 13.4. The van der Waals surface area contributed by atoms with Crippen molar-refractivity contribution in [3.8, 4) is 0 Å². The molecule has 0 saturated heterocycles. The van der Waals surface area contributed by atoms with Crippen LogP contribution in [0.2, 0.25) is 0 Å². The van der Waals surface area contributed by atoms with Crippen molar-refractivity contribution in [2.24, 2.45) is 0 Å². The Kier molecular flexibility index (Phi) is 55.3. The monoisotopic (exact) mass is 915 g/mol. The van der Waals surface area contributed by atoms with E-state index in [1.807, 2.05) is 0 Å². The van der Waals surface area contributed by atoms with Gasteiger partial charge in [-0.25, -0.2) is 0 Å². The topological polar surface area (TPSA) is 72.8 Å². The number of aliphatic hydroxyl groups is 1. The Morgan fingerprint density at radius 3 is 0.892 bits per heavy atom. The van der Waals surface area contributed by atoms with E-state index < -0.39 is 6.10 Å². The summed E-state index contributed by atoms with van der Waals surface area (Å²) in [5, 5.41) is 9.59. The van der Waals surface area contributed by atoms with Gasteiger partial charge < -0.3 is 14.6 Å². The molecule has 0 bridgehead atoms. The maximum absolute atomic E-state index is 12.2. The highest BCUT2D eigenvalue weighted by Crippen LogP contribution is 2.18. The average Bonchev–Trinajstić information content (AvgIpc) is 3.31. The van der Waals surface area contributed by atoms with Crippen LogP contribution in [0.15, 0.2) is 24.3 Å². The largest absolute Gasteiger partial charge is 0.462 e. The first-order valence-corrected chi connectivity index (χ1v) is 29.4. The van der Waals surface area contributed by atoms with E-state index in [9.17, 15) is 14.7 Å². The van der Waals surface area contributed by atoms with Gasteiger partial charge in [-0.05, 0) is 57.8 Å². The Balaban J connectivity index is 3.31. The minimum absolute atomic E-state index is 0.0653. The maximum Gasteiger partial charge on any atom is 0.306 e. The van der Waals surface area contributed by atoms with E-state index in [1.165, 1.54) is 250 Å². The molecule has 0 aromatic rings. The molecular weight excluding hydrogens is 801 g/mol. The number of esters is 2. The number of hydrogen-bond acceptors (Lipinski definition) is 5. The van der Waals surface area contributed by atoms with Crippen molar-refractivity contribution in [2.75, 3.05) is 13.2 Å². The Morgan fingerprint density at radius 2 is 0.600 bits per heavy atom. The van der Waals surface area contributed by atoms with Gasteiger partial charge in [-0.15, -0.1) is 0 Å². The summed E-state index contributed by atoms with van der Waals surface area (Å²) >= 11 is 0. The Bertz CT molecular complexity index is 990. The molecule has 0 amide bonds. The predicted molar refractivity (Wildman–Crippen MR) is 284 cm³/mol. The van der Waals surface area contributed by atoms with Gasteiger partial charge in [0.05, 0.1) is 6.61 Å². The first kappa shape index (κ1) is 63.4. The van der Waals surface area contributed by atoms with Crippen LogP contribution in [-0.4, -0.2) is 36.4 Å². The molecule has 0 saturated carbocycles. The molecule has 0 aliphatic carbocycles. The third-order valence-corrected chi connectivity index (χ3v) is 13.4. The number of ether oxygens (including phenoxy) is 2. The number of carbonyl (C=O) groups excluding carboxylic acids is 2. The van der Waals surface area contributed by atoms with E-state index in [2.05, 4.69) is 38.2 Å². The lowest BCUT2D eigenvalue weighted by atomic mass is 10.0. The van der Waals surface area contributed by atoms with E-state index in [0.717, 1.165) is 51.4 Å². The second-order valence-corrected chi connectivity index (χ2v) is 20.1. The molecule has 1 atom stereocenters. The van der Waals surface area contributed by atoms with Gasteiger partial charge >= 0.3 is 11.9 Å². The zero-order valence-corrected chi connectivity index (χ0v) is 44.0. The van der Waals surface area contributed by atoms with Crippen LogP contribution in [0.1, 0.15) is 328 Å². The second kappa shape index (κ2) is 56.7. The van der Waals surface area contributed by atoms with Gasteiger partial charge in [0, 0.05) is 12.8 Å². The summed E-state index contributed by atoms with van der Waals surface area (Å²) in [5.74, 6) is -0.589. The summed E-state index contributed by atoms with van der Waals surface area (Å²) in [5.41, 5.74) is 0. The molecule has 65 heavy (non-hydrogen) atoms. The van der Waals surface area contributed by atoms with E-state index in [-0.39, 0.29) is 25.2 Å². The van der Waals surface area contributed by atoms with Crippen molar-refractivity contribution in [1.29, 1.82) is 0 Å². The number of hydrogen-bond donors (Lipinski definition) is 1. The minimum atomic E-state index is -0.770. The summed E-state index contributed by atoms with van der Waals surface area (Å²) < 4.78 is 10.6. The summed E-state index contributed by atoms with van der Waals surface area (Å²) in [6.07, 6.45) is 72.1. The second-order valence-electron chi connectivity index (χ2n) is 20.1. The number of allylic oxidation sites excluding steroid dienone is 4. The molecule has 0 rings (SSSR count). The molecule has 384 valence electrons. The summed E-state index contributed by atoms with van der Waals surface area (Å²) in [6, 6.07) is 0. The van der Waals surface area contributed by atoms with Crippen LogP contribution >= 0.6 is 0 Å². The fraction of sp³-hybridized carbons (Fsp3) is 0.900. The molecule has 1 unspecified atom stereocenters. The predicted octanol–water partition coefficient (Wildman–Crippen LogP) is 19.7. The van der Waals surface area contributed by atoms with Crippen molar-refractivity contribution >= 4 is 11.9 Å². The Morgan fingerprint density at radius 1 is 0.338 bits per heavy atom. The van der Waals surface area contributed by atoms with Gasteiger partial charge in [0.15, 0.2) is 6.10 Å². The van der Waals surface area contributed by atoms with Gasteiger partial charge in [-0.2, -0.15) is 0 Å². The Hall–Kier alpha value is -1.62. The van der Waals surface area contributed by atoms with E-state index in [4.69, 9.17) is 9.47 Å². The fourth-order valence-corrected chi connectivity index (χ4v) is 9.03. The van der Waals surface area contributed by atoms with Crippen molar-refractivity contribution in [1.82, 2.24) is 0 Å². The summed E-state index contributed by atoms with van der Waals surface area (Å²) in [7, 11) is 0. The first-order chi connectivity index (χ1) is 32.1. The van der Waals surface area contributed by atoms with Gasteiger partial charge in [-0.1, -0.05) is 282 Å². The van der Waals surface area contributed by atoms with Crippen LogP contribution in [0.4, 0.5) is 0 Å². The third kappa shape index (κ3) is 54.9. The number of rotatable bonds is 55. The molecule has 0 radical (unpaired) electrons. The number of carbonyl (C=O) groups is 2. The summed E-state index contributed by atoms with van der Waals surface area (Å²) in [6.45, 7) is 4.10. The smallest absolute Gasteiger partial charge is 0.306 e. The molecule has 1 N–H and O–H groups in total. The molecule has 0 aromatic carbocycles. The quantitative estimate of drug-likeness (QED) is 0.0374. The molecule has 0 fully saturated rings. The maximum atomic E-state index is 12.2. The van der Waals surface area contributed by atoms with Gasteiger partial charge in [-0.3, -0.25) is 9.59 Å². The fourth-order valence-electron chi connectivity index (χ4n) is 9.03. The molecular formula is C60H114O5. The molecule has 0 spiro atoms. The van der Waals surface area contributed by atoms with Crippen LogP contribution in [0.5, 0.6) is 0 Å². The lowest BCUT2D eigenvalue weighted by Gasteiger charge is -2.15. The highest BCUT2D eigenvalue weighted by atomic mass is 16.6. The molecule has 0 aliphatic rings. The first-order valence-electron chi connectivity index (χ1n) is 29.4. The van der Waals surface area contributed by atoms with Crippen LogP contribution < -0.4 is 0 Å². The van der Waals surface area contributed by atoms with Crippen LogP contribution in [0.25, 0.3) is 0 Å². The molecule has 0 heterocycles. The van der Waals surface area contributed by atoms with Gasteiger partial charge in [0.25, 0.3) is 0 Å². The average molecular weight is 916 g/mol. The minimum Gasteiger partial charge on any atom is -0.462 e. The summed E-state index contributed by atoms with van der Waals surface area (Å²) in [4.78, 5) is 24.3. The zero-order chi connectivity index (χ0) is 47.0. The lowest BCUT2D eigenvalue weighted by molar-refractivity contribution is -0.161.